The minimum absolute atomic E-state index is 0.223. The number of hydrogen-bond acceptors (Lipinski definition) is 5. The molecule has 0 aliphatic rings. The Hall–Kier alpha value is -2.78. The summed E-state index contributed by atoms with van der Waals surface area (Å²) in [6, 6.07) is 13.7. The number of ether oxygens (including phenoxy) is 1. The number of aromatic amines is 1. The standard InChI is InChI=1S/C19H14Br2N4O3/c1-11-7-16(24-23-11)18(26)25-22-10-13-8-14(20)9-15(21)17(13)28-19(27)12-5-3-2-4-6-12/h2-10H,1H3,(H,23,24)(H,25,26). The van der Waals surface area contributed by atoms with Crippen molar-refractivity contribution in [3.8, 4) is 5.75 Å². The molecule has 1 heterocycles. The van der Waals surface area contributed by atoms with Crippen LogP contribution in [0.15, 0.2) is 62.6 Å². The van der Waals surface area contributed by atoms with Crippen LogP contribution in [0.4, 0.5) is 0 Å². The molecule has 0 bridgehead atoms. The van der Waals surface area contributed by atoms with Gasteiger partial charge >= 0.3 is 5.97 Å². The van der Waals surface area contributed by atoms with E-state index in [0.29, 0.717) is 15.6 Å². The van der Waals surface area contributed by atoms with E-state index in [9.17, 15) is 9.59 Å². The maximum atomic E-state index is 12.4. The topological polar surface area (TPSA) is 96.4 Å². The zero-order valence-corrected chi connectivity index (χ0v) is 17.7. The number of carbonyl (C=O) groups is 2. The maximum absolute atomic E-state index is 12.4. The number of nitrogens with zero attached hydrogens (tertiary/aromatic N) is 2. The number of benzene rings is 2. The second kappa shape index (κ2) is 8.94. The number of esters is 1. The molecule has 0 saturated heterocycles. The van der Waals surface area contributed by atoms with Crippen molar-refractivity contribution in [3.63, 3.8) is 0 Å². The average Bonchev–Trinajstić information content (AvgIpc) is 3.11. The highest BCUT2D eigenvalue weighted by Gasteiger charge is 2.15. The average molecular weight is 506 g/mol. The molecule has 0 atom stereocenters. The number of rotatable bonds is 5. The summed E-state index contributed by atoms with van der Waals surface area (Å²) >= 11 is 6.77. The zero-order chi connectivity index (χ0) is 20.1. The summed E-state index contributed by atoms with van der Waals surface area (Å²) in [7, 11) is 0. The fourth-order valence-electron chi connectivity index (χ4n) is 2.26. The lowest BCUT2D eigenvalue weighted by molar-refractivity contribution is 0.0733. The summed E-state index contributed by atoms with van der Waals surface area (Å²) in [6.45, 7) is 1.79. The van der Waals surface area contributed by atoms with Gasteiger partial charge in [-0.2, -0.15) is 10.2 Å². The molecule has 0 aliphatic heterocycles. The summed E-state index contributed by atoms with van der Waals surface area (Å²) in [6.07, 6.45) is 1.39. The normalized spacial score (nSPS) is 10.8. The summed E-state index contributed by atoms with van der Waals surface area (Å²) in [4.78, 5) is 24.4. The van der Waals surface area contributed by atoms with E-state index in [1.54, 1.807) is 49.4 Å². The van der Waals surface area contributed by atoms with E-state index in [-0.39, 0.29) is 11.4 Å². The van der Waals surface area contributed by atoms with Crippen molar-refractivity contribution in [1.29, 1.82) is 0 Å². The number of H-pyrrole nitrogens is 1. The first-order valence-electron chi connectivity index (χ1n) is 8.05. The molecule has 0 spiro atoms. The number of amides is 1. The number of halogens is 2. The van der Waals surface area contributed by atoms with Gasteiger partial charge in [0.05, 0.1) is 16.3 Å². The molecular formula is C19H14Br2N4O3. The highest BCUT2D eigenvalue weighted by atomic mass is 79.9. The predicted molar refractivity (Wildman–Crippen MR) is 112 cm³/mol. The predicted octanol–water partition coefficient (Wildman–Crippen LogP) is 4.23. The lowest BCUT2D eigenvalue weighted by atomic mass is 10.2. The Bertz CT molecular complexity index is 1050. The lowest BCUT2D eigenvalue weighted by Crippen LogP contribution is -2.18. The van der Waals surface area contributed by atoms with E-state index in [1.165, 1.54) is 6.21 Å². The maximum Gasteiger partial charge on any atom is 0.343 e. The van der Waals surface area contributed by atoms with Gasteiger partial charge in [-0.25, -0.2) is 10.2 Å². The molecule has 2 aromatic carbocycles. The molecule has 3 aromatic rings. The number of nitrogens with one attached hydrogen (secondary N) is 2. The Morgan fingerprint density at radius 1 is 1.18 bits per heavy atom. The van der Waals surface area contributed by atoms with Gasteiger partial charge in [0.2, 0.25) is 0 Å². The molecule has 0 saturated carbocycles. The van der Waals surface area contributed by atoms with Crippen LogP contribution in [0.1, 0.15) is 32.1 Å². The summed E-state index contributed by atoms with van der Waals surface area (Å²) in [5.74, 6) is -0.683. The third-order valence-corrected chi connectivity index (χ3v) is 4.60. The van der Waals surface area contributed by atoms with Crippen LogP contribution in [0.25, 0.3) is 0 Å². The molecule has 0 fully saturated rings. The van der Waals surface area contributed by atoms with E-state index in [0.717, 1.165) is 10.2 Å². The Labute approximate surface area is 177 Å². The molecule has 1 aromatic heterocycles. The number of hydrogen-bond donors (Lipinski definition) is 2. The van der Waals surface area contributed by atoms with Crippen LogP contribution in [-0.4, -0.2) is 28.3 Å². The molecule has 142 valence electrons. The molecular weight excluding hydrogens is 492 g/mol. The van der Waals surface area contributed by atoms with E-state index in [1.807, 2.05) is 6.07 Å². The third kappa shape index (κ3) is 4.93. The van der Waals surface area contributed by atoms with Crippen molar-refractivity contribution in [3.05, 3.63) is 80.0 Å². The lowest BCUT2D eigenvalue weighted by Gasteiger charge is -2.10. The van der Waals surface area contributed by atoms with E-state index in [4.69, 9.17) is 4.74 Å². The molecule has 0 radical (unpaired) electrons. The molecule has 7 nitrogen and oxygen atoms in total. The van der Waals surface area contributed by atoms with Crippen LogP contribution >= 0.6 is 31.9 Å². The first kappa shape index (κ1) is 20.0. The minimum atomic E-state index is -0.505. The van der Waals surface area contributed by atoms with Crippen LogP contribution in [0.2, 0.25) is 0 Å². The van der Waals surface area contributed by atoms with Crippen LogP contribution in [0.5, 0.6) is 5.75 Å². The molecule has 1 amide bonds. The molecule has 9 heteroatoms. The van der Waals surface area contributed by atoms with E-state index in [2.05, 4.69) is 52.6 Å². The Balaban J connectivity index is 1.80. The third-order valence-electron chi connectivity index (χ3n) is 3.55. The van der Waals surface area contributed by atoms with E-state index >= 15 is 0 Å². The van der Waals surface area contributed by atoms with Gasteiger partial charge in [-0.1, -0.05) is 34.1 Å². The fraction of sp³-hybridized carbons (Fsp3) is 0.0526. The molecule has 0 aliphatic carbocycles. The van der Waals surface area contributed by atoms with Gasteiger partial charge in [-0.05, 0) is 53.2 Å². The van der Waals surface area contributed by atoms with Gasteiger partial charge in [-0.15, -0.1) is 0 Å². The number of carbonyl (C=O) groups excluding carboxylic acids is 2. The number of aryl methyl sites for hydroxylation is 1. The second-order valence-electron chi connectivity index (χ2n) is 5.70. The van der Waals surface area contributed by atoms with Crippen molar-refractivity contribution < 1.29 is 14.3 Å². The highest BCUT2D eigenvalue weighted by molar-refractivity contribution is 9.11. The number of aromatic nitrogens is 2. The second-order valence-corrected chi connectivity index (χ2v) is 7.47. The minimum Gasteiger partial charge on any atom is -0.421 e. The highest BCUT2D eigenvalue weighted by Crippen LogP contribution is 2.32. The summed E-state index contributed by atoms with van der Waals surface area (Å²) in [5, 5.41) is 10.5. The van der Waals surface area contributed by atoms with Gasteiger partial charge in [0.25, 0.3) is 5.91 Å². The molecule has 2 N–H and O–H groups in total. The van der Waals surface area contributed by atoms with Crippen molar-refractivity contribution in [2.75, 3.05) is 0 Å². The Kier molecular flexibility index (Phi) is 6.37. The summed E-state index contributed by atoms with van der Waals surface area (Å²) in [5.41, 5.74) is 4.28. The van der Waals surface area contributed by atoms with Crippen molar-refractivity contribution >= 4 is 50.0 Å². The molecule has 0 unspecified atom stereocenters. The van der Waals surface area contributed by atoms with Gasteiger partial charge in [0.1, 0.15) is 0 Å². The van der Waals surface area contributed by atoms with Gasteiger partial charge in [-0.3, -0.25) is 9.89 Å². The largest absolute Gasteiger partial charge is 0.421 e. The van der Waals surface area contributed by atoms with Gasteiger partial charge < -0.3 is 4.74 Å². The molecule has 28 heavy (non-hydrogen) atoms. The van der Waals surface area contributed by atoms with Crippen LogP contribution in [0.3, 0.4) is 0 Å². The van der Waals surface area contributed by atoms with Crippen molar-refractivity contribution in [2.45, 2.75) is 6.92 Å². The van der Waals surface area contributed by atoms with Gasteiger partial charge in [0.15, 0.2) is 11.4 Å². The quantitative estimate of drug-likeness (QED) is 0.235. The van der Waals surface area contributed by atoms with Crippen molar-refractivity contribution in [2.24, 2.45) is 5.10 Å². The smallest absolute Gasteiger partial charge is 0.343 e. The first-order valence-corrected chi connectivity index (χ1v) is 9.64. The first-order chi connectivity index (χ1) is 13.4. The molecule has 3 rings (SSSR count). The summed E-state index contributed by atoms with van der Waals surface area (Å²) < 4.78 is 6.84. The Morgan fingerprint density at radius 2 is 1.93 bits per heavy atom. The van der Waals surface area contributed by atoms with Crippen molar-refractivity contribution in [1.82, 2.24) is 15.6 Å². The Morgan fingerprint density at radius 3 is 2.61 bits per heavy atom. The monoisotopic (exact) mass is 504 g/mol. The van der Waals surface area contributed by atoms with Crippen LogP contribution in [0, 0.1) is 6.92 Å². The fourth-order valence-corrected chi connectivity index (χ4v) is 3.60. The van der Waals surface area contributed by atoms with E-state index < -0.39 is 11.9 Å². The van der Waals surface area contributed by atoms with Crippen LogP contribution in [-0.2, 0) is 0 Å². The van der Waals surface area contributed by atoms with Crippen LogP contribution < -0.4 is 10.2 Å². The van der Waals surface area contributed by atoms with Gasteiger partial charge in [0, 0.05) is 15.7 Å². The number of hydrazone groups is 1. The SMILES string of the molecule is Cc1cc(C(=O)NN=Cc2cc(Br)cc(Br)c2OC(=O)c2ccccc2)n[nH]1. The zero-order valence-electron chi connectivity index (χ0n) is 14.6.